The van der Waals surface area contributed by atoms with E-state index < -0.39 is 0 Å². The normalized spacial score (nSPS) is 13.9. The van der Waals surface area contributed by atoms with E-state index in [9.17, 15) is 9.90 Å². The molecule has 0 spiro atoms. The highest BCUT2D eigenvalue weighted by molar-refractivity contribution is 5.94. The summed E-state index contributed by atoms with van der Waals surface area (Å²) in [4.78, 5) is 13.8. The highest BCUT2D eigenvalue weighted by Gasteiger charge is 2.18. The standard InChI is InChI=1S/C18H19NO2/c1-13(20)15-8-9-18(21)16(11-15)12-19-10-4-6-14-5-2-3-7-17(14)19/h2-3,5,7-9,11,21H,4,6,10,12H2,1H3. The van der Waals surface area contributed by atoms with E-state index in [-0.39, 0.29) is 11.5 Å². The molecule has 108 valence electrons. The molecular formula is C18H19NO2. The van der Waals surface area contributed by atoms with Gasteiger partial charge in [0.05, 0.1) is 0 Å². The largest absolute Gasteiger partial charge is 0.508 e. The summed E-state index contributed by atoms with van der Waals surface area (Å²) in [6.07, 6.45) is 2.22. The number of anilines is 1. The topological polar surface area (TPSA) is 40.5 Å². The molecule has 0 aliphatic carbocycles. The number of hydrogen-bond donors (Lipinski definition) is 1. The molecule has 3 nitrogen and oxygen atoms in total. The van der Waals surface area contributed by atoms with E-state index in [0.29, 0.717) is 12.1 Å². The van der Waals surface area contributed by atoms with Crippen LogP contribution in [0.2, 0.25) is 0 Å². The molecule has 0 atom stereocenters. The molecule has 0 fully saturated rings. The molecule has 2 aromatic carbocycles. The van der Waals surface area contributed by atoms with Gasteiger partial charge in [0, 0.05) is 29.9 Å². The maximum atomic E-state index is 11.5. The Kier molecular flexibility index (Phi) is 3.65. The van der Waals surface area contributed by atoms with Gasteiger partial charge in [-0.3, -0.25) is 4.79 Å². The predicted octanol–water partition coefficient (Wildman–Crippen LogP) is 3.55. The maximum Gasteiger partial charge on any atom is 0.159 e. The van der Waals surface area contributed by atoms with Gasteiger partial charge >= 0.3 is 0 Å². The predicted molar refractivity (Wildman–Crippen MR) is 83.9 cm³/mol. The maximum absolute atomic E-state index is 11.5. The second-order valence-electron chi connectivity index (χ2n) is 5.55. The SMILES string of the molecule is CC(=O)c1ccc(O)c(CN2CCCc3ccccc32)c1. The molecule has 1 aliphatic heterocycles. The fourth-order valence-corrected chi connectivity index (χ4v) is 2.91. The minimum absolute atomic E-state index is 0.0234. The zero-order valence-corrected chi connectivity index (χ0v) is 12.2. The molecule has 0 unspecified atom stereocenters. The molecule has 3 rings (SSSR count). The van der Waals surface area contributed by atoms with Crippen LogP contribution in [0.25, 0.3) is 0 Å². The summed E-state index contributed by atoms with van der Waals surface area (Å²) in [7, 11) is 0. The molecule has 0 saturated carbocycles. The Morgan fingerprint density at radius 1 is 1.24 bits per heavy atom. The zero-order chi connectivity index (χ0) is 14.8. The lowest BCUT2D eigenvalue weighted by atomic mass is 10.0. The second-order valence-corrected chi connectivity index (χ2v) is 5.55. The molecule has 21 heavy (non-hydrogen) atoms. The van der Waals surface area contributed by atoms with Crippen LogP contribution in [0, 0.1) is 0 Å². The monoisotopic (exact) mass is 281 g/mol. The number of ketones is 1. The summed E-state index contributed by atoms with van der Waals surface area (Å²) in [6.45, 7) is 3.15. The fraction of sp³-hybridized carbons (Fsp3) is 0.278. The molecule has 0 saturated heterocycles. The van der Waals surface area contributed by atoms with Crippen molar-refractivity contribution in [1.29, 1.82) is 0 Å². The van der Waals surface area contributed by atoms with Crippen molar-refractivity contribution in [3.8, 4) is 5.75 Å². The van der Waals surface area contributed by atoms with Crippen LogP contribution in [0.5, 0.6) is 5.75 Å². The Labute approximate surface area is 124 Å². The van der Waals surface area contributed by atoms with Crippen molar-refractivity contribution >= 4 is 11.5 Å². The minimum atomic E-state index is 0.0234. The number of nitrogens with zero attached hydrogens (tertiary/aromatic N) is 1. The first-order valence-electron chi connectivity index (χ1n) is 7.31. The van der Waals surface area contributed by atoms with Gasteiger partial charge < -0.3 is 10.0 Å². The van der Waals surface area contributed by atoms with Gasteiger partial charge in [0.25, 0.3) is 0 Å². The lowest BCUT2D eigenvalue weighted by Crippen LogP contribution is -2.28. The van der Waals surface area contributed by atoms with Crippen molar-refractivity contribution in [3.63, 3.8) is 0 Å². The number of hydrogen-bond acceptors (Lipinski definition) is 3. The molecule has 3 heteroatoms. The van der Waals surface area contributed by atoms with Crippen LogP contribution in [0.15, 0.2) is 42.5 Å². The van der Waals surface area contributed by atoms with Crippen LogP contribution in [-0.4, -0.2) is 17.4 Å². The molecule has 0 aromatic heterocycles. The highest BCUT2D eigenvalue weighted by Crippen LogP contribution is 2.30. The van der Waals surface area contributed by atoms with Crippen LogP contribution < -0.4 is 4.90 Å². The van der Waals surface area contributed by atoms with E-state index in [1.165, 1.54) is 11.3 Å². The summed E-state index contributed by atoms with van der Waals surface area (Å²) >= 11 is 0. The van der Waals surface area contributed by atoms with Crippen molar-refractivity contribution in [2.45, 2.75) is 26.3 Å². The lowest BCUT2D eigenvalue weighted by Gasteiger charge is -2.31. The Morgan fingerprint density at radius 2 is 2.05 bits per heavy atom. The highest BCUT2D eigenvalue weighted by atomic mass is 16.3. The minimum Gasteiger partial charge on any atom is -0.508 e. The number of phenolic OH excluding ortho intramolecular Hbond substituents is 1. The number of fused-ring (bicyclic) bond motifs is 1. The van der Waals surface area contributed by atoms with Crippen LogP contribution in [0.3, 0.4) is 0 Å². The molecule has 1 heterocycles. The van der Waals surface area contributed by atoms with Crippen molar-refractivity contribution < 1.29 is 9.90 Å². The number of benzene rings is 2. The van der Waals surface area contributed by atoms with Crippen LogP contribution >= 0.6 is 0 Å². The van der Waals surface area contributed by atoms with Gasteiger partial charge in [-0.05, 0) is 49.6 Å². The Hall–Kier alpha value is -2.29. The average molecular weight is 281 g/mol. The number of rotatable bonds is 3. The third kappa shape index (κ3) is 2.77. The van der Waals surface area contributed by atoms with Gasteiger partial charge in [-0.2, -0.15) is 0 Å². The van der Waals surface area contributed by atoms with Gasteiger partial charge in [-0.1, -0.05) is 18.2 Å². The molecular weight excluding hydrogens is 262 g/mol. The Morgan fingerprint density at radius 3 is 2.86 bits per heavy atom. The molecule has 0 bridgehead atoms. The van der Waals surface area contributed by atoms with Crippen LogP contribution in [-0.2, 0) is 13.0 Å². The third-order valence-corrected chi connectivity index (χ3v) is 4.05. The van der Waals surface area contributed by atoms with E-state index in [4.69, 9.17) is 0 Å². The Bertz CT molecular complexity index is 679. The number of aromatic hydroxyl groups is 1. The van der Waals surface area contributed by atoms with Gasteiger partial charge in [0.15, 0.2) is 5.78 Å². The average Bonchev–Trinajstić information content (AvgIpc) is 2.49. The van der Waals surface area contributed by atoms with Gasteiger partial charge in [0.2, 0.25) is 0 Å². The molecule has 0 amide bonds. The van der Waals surface area contributed by atoms with E-state index >= 15 is 0 Å². The third-order valence-electron chi connectivity index (χ3n) is 4.05. The van der Waals surface area contributed by atoms with E-state index in [1.807, 2.05) is 6.07 Å². The lowest BCUT2D eigenvalue weighted by molar-refractivity contribution is 0.101. The number of aryl methyl sites for hydroxylation is 1. The quantitative estimate of drug-likeness (QED) is 0.875. The van der Waals surface area contributed by atoms with Crippen LogP contribution in [0.1, 0.15) is 34.8 Å². The van der Waals surface area contributed by atoms with Gasteiger partial charge in [-0.15, -0.1) is 0 Å². The number of phenols is 1. The van der Waals surface area contributed by atoms with Gasteiger partial charge in [0.1, 0.15) is 5.75 Å². The first kappa shape index (κ1) is 13.7. The van der Waals surface area contributed by atoms with E-state index in [0.717, 1.165) is 24.9 Å². The number of carbonyl (C=O) groups excluding carboxylic acids is 1. The van der Waals surface area contributed by atoms with Crippen molar-refractivity contribution in [3.05, 3.63) is 59.2 Å². The molecule has 2 aromatic rings. The fourth-order valence-electron chi connectivity index (χ4n) is 2.91. The van der Waals surface area contributed by atoms with E-state index in [1.54, 1.807) is 25.1 Å². The van der Waals surface area contributed by atoms with Crippen molar-refractivity contribution in [1.82, 2.24) is 0 Å². The summed E-state index contributed by atoms with van der Waals surface area (Å²) in [5, 5.41) is 10.1. The van der Waals surface area contributed by atoms with Crippen molar-refractivity contribution in [2.24, 2.45) is 0 Å². The van der Waals surface area contributed by atoms with E-state index in [2.05, 4.69) is 23.1 Å². The smallest absolute Gasteiger partial charge is 0.159 e. The Balaban J connectivity index is 1.91. The summed E-state index contributed by atoms with van der Waals surface area (Å²) in [5.41, 5.74) is 4.04. The second kappa shape index (κ2) is 5.60. The molecule has 0 radical (unpaired) electrons. The summed E-state index contributed by atoms with van der Waals surface area (Å²) in [5.74, 6) is 0.276. The van der Waals surface area contributed by atoms with Gasteiger partial charge in [-0.25, -0.2) is 0 Å². The number of carbonyl (C=O) groups is 1. The number of Topliss-reactive ketones (excluding diaryl/α,β-unsaturated/α-hetero) is 1. The first-order chi connectivity index (χ1) is 10.1. The summed E-state index contributed by atoms with van der Waals surface area (Å²) < 4.78 is 0. The molecule has 1 aliphatic rings. The van der Waals surface area contributed by atoms with Crippen molar-refractivity contribution in [2.75, 3.05) is 11.4 Å². The first-order valence-corrected chi connectivity index (χ1v) is 7.31. The number of para-hydroxylation sites is 1. The summed E-state index contributed by atoms with van der Waals surface area (Å²) in [6, 6.07) is 13.5. The molecule has 1 N–H and O–H groups in total. The van der Waals surface area contributed by atoms with Crippen LogP contribution in [0.4, 0.5) is 5.69 Å². The zero-order valence-electron chi connectivity index (χ0n) is 12.2.